The van der Waals surface area contributed by atoms with E-state index in [1.54, 1.807) is 11.3 Å². The Kier molecular flexibility index (Phi) is 3.88. The summed E-state index contributed by atoms with van der Waals surface area (Å²) in [5.74, 6) is 1.80. The largest absolute Gasteiger partial charge is 0.340 e. The molecule has 0 fully saturated rings. The molecule has 1 N–H and O–H groups in total. The number of aromatic nitrogens is 2. The van der Waals surface area contributed by atoms with Crippen molar-refractivity contribution in [1.82, 2.24) is 9.97 Å². The number of anilines is 2. The van der Waals surface area contributed by atoms with Gasteiger partial charge in [-0.3, -0.25) is 0 Å². The topological polar surface area (TPSA) is 37.8 Å². The van der Waals surface area contributed by atoms with Crippen LogP contribution in [0.2, 0.25) is 0 Å². The summed E-state index contributed by atoms with van der Waals surface area (Å²) in [7, 11) is 0. The van der Waals surface area contributed by atoms with Crippen molar-refractivity contribution in [3.8, 4) is 0 Å². The van der Waals surface area contributed by atoms with Gasteiger partial charge in [0.15, 0.2) is 0 Å². The minimum Gasteiger partial charge on any atom is -0.340 e. The molecule has 3 nitrogen and oxygen atoms in total. The molecule has 21 heavy (non-hydrogen) atoms. The molecular formula is C17H19N3S. The molecule has 0 unspecified atom stereocenters. The fraction of sp³-hybridized carbons (Fsp3) is 0.294. The van der Waals surface area contributed by atoms with E-state index < -0.39 is 0 Å². The van der Waals surface area contributed by atoms with E-state index >= 15 is 0 Å². The van der Waals surface area contributed by atoms with Gasteiger partial charge < -0.3 is 5.32 Å². The molecule has 0 amide bonds. The van der Waals surface area contributed by atoms with E-state index in [0.717, 1.165) is 40.4 Å². The van der Waals surface area contributed by atoms with Gasteiger partial charge >= 0.3 is 0 Å². The molecule has 4 heteroatoms. The van der Waals surface area contributed by atoms with Crippen molar-refractivity contribution < 1.29 is 0 Å². The molecule has 2 heterocycles. The Bertz CT molecular complexity index is 760. The van der Waals surface area contributed by atoms with Crippen LogP contribution < -0.4 is 5.32 Å². The molecule has 0 aliphatic rings. The van der Waals surface area contributed by atoms with Crippen LogP contribution in [0.15, 0.2) is 30.3 Å². The standard InChI is InChI=1S/C17H19N3S/c1-4-13-10-14-16(18-12-8-6-11(3)7-9-12)19-15(5-2)20-17(14)21-13/h6-10H,4-5H2,1-3H3,(H,18,19,20). The van der Waals surface area contributed by atoms with Crippen LogP contribution in [-0.2, 0) is 12.8 Å². The zero-order valence-electron chi connectivity index (χ0n) is 12.6. The zero-order valence-corrected chi connectivity index (χ0v) is 13.4. The molecule has 2 aromatic heterocycles. The average molecular weight is 297 g/mol. The Labute approximate surface area is 129 Å². The lowest BCUT2D eigenvalue weighted by Crippen LogP contribution is -1.99. The molecule has 0 spiro atoms. The number of nitrogens with one attached hydrogen (secondary N) is 1. The lowest BCUT2D eigenvalue weighted by Gasteiger charge is -2.08. The van der Waals surface area contributed by atoms with Crippen molar-refractivity contribution in [3.05, 3.63) is 46.6 Å². The van der Waals surface area contributed by atoms with Gasteiger partial charge in [-0.2, -0.15) is 0 Å². The maximum absolute atomic E-state index is 4.67. The molecule has 0 radical (unpaired) electrons. The molecule has 0 aliphatic heterocycles. The highest BCUT2D eigenvalue weighted by Gasteiger charge is 2.11. The minimum atomic E-state index is 0.845. The van der Waals surface area contributed by atoms with E-state index in [4.69, 9.17) is 0 Å². The molecule has 0 atom stereocenters. The molecule has 1 aromatic carbocycles. The van der Waals surface area contributed by atoms with Crippen LogP contribution in [0.25, 0.3) is 10.2 Å². The number of rotatable bonds is 4. The first-order chi connectivity index (χ1) is 10.2. The summed E-state index contributed by atoms with van der Waals surface area (Å²) in [6.07, 6.45) is 1.88. The Balaban J connectivity index is 2.06. The number of thiophene rings is 1. The molecule has 108 valence electrons. The maximum Gasteiger partial charge on any atom is 0.142 e. The molecule has 3 aromatic rings. The normalized spacial score (nSPS) is 11.0. The Morgan fingerprint density at radius 2 is 1.81 bits per heavy atom. The van der Waals surface area contributed by atoms with Crippen molar-refractivity contribution in [2.24, 2.45) is 0 Å². The zero-order chi connectivity index (χ0) is 14.8. The summed E-state index contributed by atoms with van der Waals surface area (Å²) >= 11 is 1.76. The summed E-state index contributed by atoms with van der Waals surface area (Å²) in [6.45, 7) is 6.35. The monoisotopic (exact) mass is 297 g/mol. The van der Waals surface area contributed by atoms with Crippen LogP contribution in [-0.4, -0.2) is 9.97 Å². The van der Waals surface area contributed by atoms with Gasteiger partial charge in [-0.05, 0) is 31.5 Å². The maximum atomic E-state index is 4.67. The predicted octanol–water partition coefficient (Wildman–Crippen LogP) is 4.87. The van der Waals surface area contributed by atoms with E-state index in [0.29, 0.717) is 0 Å². The van der Waals surface area contributed by atoms with Crippen LogP contribution >= 0.6 is 11.3 Å². The van der Waals surface area contributed by atoms with Gasteiger partial charge in [0.05, 0.1) is 5.39 Å². The van der Waals surface area contributed by atoms with Gasteiger partial charge in [0.2, 0.25) is 0 Å². The van der Waals surface area contributed by atoms with Crippen molar-refractivity contribution in [3.63, 3.8) is 0 Å². The molecule has 0 saturated heterocycles. The smallest absolute Gasteiger partial charge is 0.142 e. The number of hydrogen-bond donors (Lipinski definition) is 1. The van der Waals surface area contributed by atoms with Crippen LogP contribution in [0.5, 0.6) is 0 Å². The van der Waals surface area contributed by atoms with Gasteiger partial charge in [-0.25, -0.2) is 9.97 Å². The third-order valence-electron chi connectivity index (χ3n) is 3.47. The molecule has 0 aliphatic carbocycles. The highest BCUT2D eigenvalue weighted by atomic mass is 32.1. The fourth-order valence-electron chi connectivity index (χ4n) is 2.22. The number of hydrogen-bond acceptors (Lipinski definition) is 4. The SMILES string of the molecule is CCc1nc(Nc2ccc(C)cc2)c2cc(CC)sc2n1. The van der Waals surface area contributed by atoms with Crippen molar-refractivity contribution in [2.45, 2.75) is 33.6 Å². The fourth-order valence-corrected chi connectivity index (χ4v) is 3.20. The van der Waals surface area contributed by atoms with E-state index in [2.05, 4.69) is 66.4 Å². The first-order valence-corrected chi connectivity index (χ1v) is 8.14. The van der Waals surface area contributed by atoms with Crippen molar-refractivity contribution in [1.29, 1.82) is 0 Å². The van der Waals surface area contributed by atoms with Crippen molar-refractivity contribution in [2.75, 3.05) is 5.32 Å². The summed E-state index contributed by atoms with van der Waals surface area (Å²) in [5.41, 5.74) is 2.32. The second-order valence-electron chi connectivity index (χ2n) is 5.12. The molecule has 0 saturated carbocycles. The molecule has 0 bridgehead atoms. The van der Waals surface area contributed by atoms with E-state index in [9.17, 15) is 0 Å². The number of aryl methyl sites for hydroxylation is 3. The van der Waals surface area contributed by atoms with E-state index in [-0.39, 0.29) is 0 Å². The highest BCUT2D eigenvalue weighted by Crippen LogP contribution is 2.31. The second-order valence-corrected chi connectivity index (χ2v) is 6.23. The van der Waals surface area contributed by atoms with Gasteiger partial charge in [0.1, 0.15) is 16.5 Å². The lowest BCUT2D eigenvalue weighted by atomic mass is 10.2. The summed E-state index contributed by atoms with van der Waals surface area (Å²) in [4.78, 5) is 11.7. The molecular weight excluding hydrogens is 278 g/mol. The summed E-state index contributed by atoms with van der Waals surface area (Å²) < 4.78 is 0. The number of nitrogens with zero attached hydrogens (tertiary/aromatic N) is 2. The summed E-state index contributed by atoms with van der Waals surface area (Å²) in [5, 5.41) is 4.56. The van der Waals surface area contributed by atoms with Crippen LogP contribution in [0.3, 0.4) is 0 Å². The first-order valence-electron chi connectivity index (χ1n) is 7.32. The lowest BCUT2D eigenvalue weighted by molar-refractivity contribution is 0.967. The van der Waals surface area contributed by atoms with Gasteiger partial charge in [0, 0.05) is 17.0 Å². The highest BCUT2D eigenvalue weighted by molar-refractivity contribution is 7.18. The summed E-state index contributed by atoms with van der Waals surface area (Å²) in [6, 6.07) is 10.6. The Morgan fingerprint density at radius 1 is 1.05 bits per heavy atom. The van der Waals surface area contributed by atoms with E-state index in [1.807, 2.05) is 0 Å². The third-order valence-corrected chi connectivity index (χ3v) is 4.64. The number of benzene rings is 1. The van der Waals surface area contributed by atoms with E-state index in [1.165, 1.54) is 10.4 Å². The first kappa shape index (κ1) is 14.0. The van der Waals surface area contributed by atoms with Gasteiger partial charge in [-0.15, -0.1) is 11.3 Å². The Morgan fingerprint density at radius 3 is 2.48 bits per heavy atom. The Hall–Kier alpha value is -1.94. The van der Waals surface area contributed by atoms with Crippen LogP contribution in [0.4, 0.5) is 11.5 Å². The van der Waals surface area contributed by atoms with Crippen LogP contribution in [0, 0.1) is 6.92 Å². The second kappa shape index (κ2) is 5.82. The number of fused-ring (bicyclic) bond motifs is 1. The molecule has 3 rings (SSSR count). The third kappa shape index (κ3) is 2.90. The minimum absolute atomic E-state index is 0.845. The van der Waals surface area contributed by atoms with Crippen LogP contribution in [0.1, 0.15) is 30.1 Å². The van der Waals surface area contributed by atoms with Gasteiger partial charge in [0.25, 0.3) is 0 Å². The predicted molar refractivity (Wildman–Crippen MR) is 90.6 cm³/mol. The average Bonchev–Trinajstić information content (AvgIpc) is 2.92. The quantitative estimate of drug-likeness (QED) is 0.746. The van der Waals surface area contributed by atoms with Crippen molar-refractivity contribution >= 4 is 33.1 Å². The van der Waals surface area contributed by atoms with Gasteiger partial charge in [-0.1, -0.05) is 31.5 Å².